The molecule has 0 aliphatic heterocycles. The van der Waals surface area contributed by atoms with Gasteiger partial charge in [-0.25, -0.2) is 10.1 Å². The minimum Gasteiger partial charge on any atom is -0.280 e. The molecule has 0 bridgehead atoms. The molecule has 0 atom stereocenters. The second-order valence-electron chi connectivity index (χ2n) is 2.87. The van der Waals surface area contributed by atoms with Crippen molar-refractivity contribution in [1.82, 2.24) is 19.6 Å². The molecule has 0 aliphatic carbocycles. The second kappa shape index (κ2) is 2.69. The fourth-order valence-electron chi connectivity index (χ4n) is 1.38. The van der Waals surface area contributed by atoms with Crippen LogP contribution in [0.15, 0.2) is 11.1 Å². The quantitative estimate of drug-likeness (QED) is 0.682. The molecule has 2 rings (SSSR count). The maximum absolute atomic E-state index is 11.3. The van der Waals surface area contributed by atoms with Gasteiger partial charge in [0.1, 0.15) is 17.7 Å². The van der Waals surface area contributed by atoms with E-state index in [0.717, 1.165) is 17.9 Å². The summed E-state index contributed by atoms with van der Waals surface area (Å²) in [5, 5.41) is 6.38. The van der Waals surface area contributed by atoms with E-state index in [4.69, 9.17) is 0 Å². The largest absolute Gasteiger partial charge is 0.290 e. The second-order valence-corrected chi connectivity index (χ2v) is 2.87. The smallest absolute Gasteiger partial charge is 0.280 e. The predicted octanol–water partition coefficient (Wildman–Crippen LogP) is 0.288. The van der Waals surface area contributed by atoms with Crippen LogP contribution in [0.1, 0.15) is 18.4 Å². The van der Waals surface area contributed by atoms with Crippen LogP contribution >= 0.6 is 0 Å². The number of imidazole rings is 1. The molecule has 2 aromatic rings. The molecule has 0 saturated carbocycles. The van der Waals surface area contributed by atoms with Gasteiger partial charge in [-0.3, -0.25) is 9.20 Å². The van der Waals surface area contributed by atoms with Gasteiger partial charge >= 0.3 is 0 Å². The summed E-state index contributed by atoms with van der Waals surface area (Å²) in [6, 6.07) is 0. The number of hydrogen-bond donors (Lipinski definition) is 1. The van der Waals surface area contributed by atoms with E-state index in [1.807, 2.05) is 13.8 Å². The van der Waals surface area contributed by atoms with Crippen molar-refractivity contribution in [3.63, 3.8) is 0 Å². The Morgan fingerprint density at radius 2 is 2.38 bits per heavy atom. The summed E-state index contributed by atoms with van der Waals surface area (Å²) in [5.41, 5.74) is 1.14. The van der Waals surface area contributed by atoms with Gasteiger partial charge in [0.05, 0.1) is 5.69 Å². The summed E-state index contributed by atoms with van der Waals surface area (Å²) in [6.45, 7) is 3.79. The molecule has 1 N–H and O–H groups in total. The van der Waals surface area contributed by atoms with Gasteiger partial charge in [0, 0.05) is 6.42 Å². The van der Waals surface area contributed by atoms with Crippen molar-refractivity contribution >= 4 is 5.52 Å². The van der Waals surface area contributed by atoms with Crippen molar-refractivity contribution in [3.05, 3.63) is 28.2 Å². The maximum atomic E-state index is 11.3. The van der Waals surface area contributed by atoms with E-state index in [9.17, 15) is 4.79 Å². The lowest BCUT2D eigenvalue weighted by Crippen LogP contribution is -2.15. The number of aromatic amines is 1. The third-order valence-corrected chi connectivity index (χ3v) is 2.05. The number of nitrogens with zero attached hydrogens (tertiary/aromatic N) is 3. The summed E-state index contributed by atoms with van der Waals surface area (Å²) >= 11 is 0. The van der Waals surface area contributed by atoms with Crippen molar-refractivity contribution in [3.8, 4) is 0 Å². The molecule has 0 saturated heterocycles. The van der Waals surface area contributed by atoms with Crippen molar-refractivity contribution in [2.45, 2.75) is 20.3 Å². The third kappa shape index (κ3) is 1.04. The van der Waals surface area contributed by atoms with Crippen molar-refractivity contribution in [2.24, 2.45) is 0 Å². The molecule has 68 valence electrons. The lowest BCUT2D eigenvalue weighted by molar-refractivity contribution is 0.806. The molecule has 0 radical (unpaired) electrons. The number of aryl methyl sites for hydroxylation is 2. The molecule has 13 heavy (non-hydrogen) atoms. The van der Waals surface area contributed by atoms with Crippen LogP contribution in [0.25, 0.3) is 5.52 Å². The number of rotatable bonds is 1. The van der Waals surface area contributed by atoms with E-state index >= 15 is 0 Å². The lowest BCUT2D eigenvalue weighted by Gasteiger charge is -1.98. The summed E-state index contributed by atoms with van der Waals surface area (Å²) in [5.74, 6) is 0.815. The zero-order chi connectivity index (χ0) is 9.42. The average molecular weight is 178 g/mol. The standard InChI is InChI=1S/C8H10N4O/c1-3-6-10-11-8(13)7-5(2)9-4-12(6)7/h4H,3H2,1-2H3,(H,11,13). The zero-order valence-corrected chi connectivity index (χ0v) is 7.53. The highest BCUT2D eigenvalue weighted by Crippen LogP contribution is 2.03. The molecule has 0 aliphatic rings. The summed E-state index contributed by atoms with van der Waals surface area (Å²) in [6.07, 6.45) is 2.40. The van der Waals surface area contributed by atoms with Crippen LogP contribution in [0.2, 0.25) is 0 Å². The van der Waals surface area contributed by atoms with Crippen LogP contribution in [-0.2, 0) is 6.42 Å². The van der Waals surface area contributed by atoms with E-state index in [2.05, 4.69) is 15.2 Å². The van der Waals surface area contributed by atoms with Crippen LogP contribution in [0.3, 0.4) is 0 Å². The topological polar surface area (TPSA) is 63.0 Å². The summed E-state index contributed by atoms with van der Waals surface area (Å²) in [7, 11) is 0. The maximum Gasteiger partial charge on any atom is 0.290 e. The van der Waals surface area contributed by atoms with Crippen LogP contribution in [-0.4, -0.2) is 19.6 Å². The molecule has 0 fully saturated rings. The van der Waals surface area contributed by atoms with E-state index in [1.54, 1.807) is 10.7 Å². The minimum absolute atomic E-state index is 0.188. The highest BCUT2D eigenvalue weighted by molar-refractivity contribution is 5.49. The van der Waals surface area contributed by atoms with Gasteiger partial charge in [-0.15, -0.1) is 0 Å². The Morgan fingerprint density at radius 1 is 1.62 bits per heavy atom. The van der Waals surface area contributed by atoms with Crippen molar-refractivity contribution < 1.29 is 0 Å². The first-order chi connectivity index (χ1) is 6.24. The zero-order valence-electron chi connectivity index (χ0n) is 7.53. The van der Waals surface area contributed by atoms with Gasteiger partial charge in [-0.05, 0) is 6.92 Å². The Labute approximate surface area is 74.4 Å². The Morgan fingerprint density at radius 3 is 3.08 bits per heavy atom. The molecule has 2 heterocycles. The normalized spacial score (nSPS) is 10.9. The third-order valence-electron chi connectivity index (χ3n) is 2.05. The molecule has 0 amide bonds. The van der Waals surface area contributed by atoms with E-state index < -0.39 is 0 Å². The van der Waals surface area contributed by atoms with Gasteiger partial charge in [0.15, 0.2) is 0 Å². The molecule has 0 unspecified atom stereocenters. The predicted molar refractivity (Wildman–Crippen MR) is 47.7 cm³/mol. The van der Waals surface area contributed by atoms with Crippen LogP contribution in [0, 0.1) is 6.92 Å². The Kier molecular flexibility index (Phi) is 1.65. The van der Waals surface area contributed by atoms with Crippen molar-refractivity contribution in [2.75, 3.05) is 0 Å². The van der Waals surface area contributed by atoms with Crippen LogP contribution in [0.4, 0.5) is 0 Å². The first-order valence-corrected chi connectivity index (χ1v) is 4.15. The monoisotopic (exact) mass is 178 g/mol. The fraction of sp³-hybridized carbons (Fsp3) is 0.375. The SMILES string of the molecule is CCc1n[nH]c(=O)c2c(C)ncn12. The van der Waals surface area contributed by atoms with Gasteiger partial charge in [-0.2, -0.15) is 5.10 Å². The summed E-state index contributed by atoms with van der Waals surface area (Å²) < 4.78 is 1.73. The number of hydrogen-bond acceptors (Lipinski definition) is 3. The number of H-pyrrole nitrogens is 1. The lowest BCUT2D eigenvalue weighted by atomic mass is 10.4. The highest BCUT2D eigenvalue weighted by atomic mass is 16.1. The van der Waals surface area contributed by atoms with Crippen LogP contribution < -0.4 is 5.56 Å². The first kappa shape index (κ1) is 7.97. The first-order valence-electron chi connectivity index (χ1n) is 4.15. The van der Waals surface area contributed by atoms with Gasteiger partial charge in [-0.1, -0.05) is 6.92 Å². The minimum atomic E-state index is -0.188. The molecular formula is C8H10N4O. The van der Waals surface area contributed by atoms with Gasteiger partial charge < -0.3 is 0 Å². The Balaban J connectivity index is 2.95. The molecule has 5 nitrogen and oxygen atoms in total. The molecule has 0 aromatic carbocycles. The van der Waals surface area contributed by atoms with E-state index in [1.165, 1.54) is 0 Å². The molecular weight excluding hydrogens is 168 g/mol. The number of fused-ring (bicyclic) bond motifs is 1. The average Bonchev–Trinajstić information content (AvgIpc) is 2.50. The Bertz CT molecular complexity index is 496. The van der Waals surface area contributed by atoms with Crippen molar-refractivity contribution in [1.29, 1.82) is 0 Å². The van der Waals surface area contributed by atoms with E-state index in [-0.39, 0.29) is 5.56 Å². The number of aromatic nitrogens is 4. The van der Waals surface area contributed by atoms with Gasteiger partial charge in [0.25, 0.3) is 5.56 Å². The molecule has 5 heteroatoms. The van der Waals surface area contributed by atoms with Crippen LogP contribution in [0.5, 0.6) is 0 Å². The number of nitrogens with one attached hydrogen (secondary N) is 1. The molecule has 2 aromatic heterocycles. The molecule has 0 spiro atoms. The summed E-state index contributed by atoms with van der Waals surface area (Å²) in [4.78, 5) is 15.4. The Hall–Kier alpha value is -1.65. The van der Waals surface area contributed by atoms with Gasteiger partial charge in [0.2, 0.25) is 0 Å². The fourth-order valence-corrected chi connectivity index (χ4v) is 1.38. The van der Waals surface area contributed by atoms with E-state index in [0.29, 0.717) is 5.52 Å². The highest BCUT2D eigenvalue weighted by Gasteiger charge is 2.07.